The van der Waals surface area contributed by atoms with E-state index in [1.54, 1.807) is 0 Å². The number of hydrogen-bond acceptors (Lipinski definition) is 4. The van der Waals surface area contributed by atoms with Gasteiger partial charge < -0.3 is 10.4 Å². The van der Waals surface area contributed by atoms with E-state index in [-0.39, 0.29) is 23.8 Å². The van der Waals surface area contributed by atoms with Gasteiger partial charge in [-0.25, -0.2) is 9.78 Å². The number of rotatable bonds is 6. The first-order chi connectivity index (χ1) is 9.72. The zero-order valence-corrected chi connectivity index (χ0v) is 13.7. The summed E-state index contributed by atoms with van der Waals surface area (Å²) in [6.45, 7) is 8.42. The number of thiazole rings is 1. The van der Waals surface area contributed by atoms with E-state index in [9.17, 15) is 9.59 Å². The van der Waals surface area contributed by atoms with Crippen molar-refractivity contribution < 1.29 is 14.7 Å². The first kappa shape index (κ1) is 17.4. The topological polar surface area (TPSA) is 91.3 Å². The molecule has 1 aromatic rings. The summed E-state index contributed by atoms with van der Waals surface area (Å²) in [6, 6.07) is -0.353. The molecule has 6 nitrogen and oxygen atoms in total. The van der Waals surface area contributed by atoms with Crippen LogP contribution in [0.15, 0.2) is 5.38 Å². The minimum atomic E-state index is -0.848. The fourth-order valence-electron chi connectivity index (χ4n) is 1.66. The first-order valence-corrected chi connectivity index (χ1v) is 7.83. The van der Waals surface area contributed by atoms with Gasteiger partial charge in [-0.3, -0.25) is 10.1 Å². The van der Waals surface area contributed by atoms with Crippen LogP contribution in [0.3, 0.4) is 0 Å². The average molecular weight is 313 g/mol. The number of carboxylic acids is 1. The highest BCUT2D eigenvalue weighted by Gasteiger charge is 2.18. The molecule has 2 amide bonds. The highest BCUT2D eigenvalue weighted by atomic mass is 32.1. The fourth-order valence-corrected chi connectivity index (χ4v) is 2.59. The fraction of sp³-hybridized carbons (Fsp3) is 0.643. The van der Waals surface area contributed by atoms with Crippen LogP contribution in [0.25, 0.3) is 0 Å². The van der Waals surface area contributed by atoms with Crippen molar-refractivity contribution in [2.24, 2.45) is 5.92 Å². The summed E-state index contributed by atoms with van der Waals surface area (Å²) >= 11 is 1.38. The molecule has 118 valence electrons. The lowest BCUT2D eigenvalue weighted by atomic mass is 9.93. The molecule has 1 atom stereocenters. The maximum atomic E-state index is 11.8. The van der Waals surface area contributed by atoms with Gasteiger partial charge in [0.25, 0.3) is 0 Å². The quantitative estimate of drug-likeness (QED) is 0.752. The van der Waals surface area contributed by atoms with Crippen LogP contribution in [0.1, 0.15) is 46.2 Å². The molecule has 21 heavy (non-hydrogen) atoms. The predicted molar refractivity (Wildman–Crippen MR) is 83.9 cm³/mol. The molecular formula is C14H23N3O3S. The van der Waals surface area contributed by atoms with Crippen molar-refractivity contribution in [1.29, 1.82) is 0 Å². The van der Waals surface area contributed by atoms with Gasteiger partial charge in [-0.15, -0.1) is 11.3 Å². The number of hydrogen-bond donors (Lipinski definition) is 3. The maximum absolute atomic E-state index is 11.8. The van der Waals surface area contributed by atoms with Gasteiger partial charge >= 0.3 is 12.0 Å². The van der Waals surface area contributed by atoms with E-state index in [1.807, 2.05) is 12.3 Å². The molecule has 3 N–H and O–H groups in total. The predicted octanol–water partition coefficient (Wildman–Crippen LogP) is 3.06. The summed E-state index contributed by atoms with van der Waals surface area (Å²) in [7, 11) is 0. The van der Waals surface area contributed by atoms with Gasteiger partial charge in [0.05, 0.1) is 5.69 Å². The van der Waals surface area contributed by atoms with Gasteiger partial charge in [-0.2, -0.15) is 0 Å². The Balaban J connectivity index is 2.47. The minimum Gasteiger partial charge on any atom is -0.481 e. The van der Waals surface area contributed by atoms with Crippen LogP contribution in [0, 0.1) is 5.92 Å². The van der Waals surface area contributed by atoms with Crippen LogP contribution in [0.4, 0.5) is 9.93 Å². The van der Waals surface area contributed by atoms with E-state index in [4.69, 9.17) is 5.11 Å². The third kappa shape index (κ3) is 6.12. The van der Waals surface area contributed by atoms with Crippen LogP contribution >= 0.6 is 11.3 Å². The number of carbonyl (C=O) groups excluding carboxylic acids is 1. The van der Waals surface area contributed by atoms with Crippen molar-refractivity contribution in [2.75, 3.05) is 11.9 Å². The molecule has 0 aliphatic rings. The van der Waals surface area contributed by atoms with E-state index < -0.39 is 5.97 Å². The number of carbonyl (C=O) groups is 2. The Bertz CT molecular complexity index is 494. The van der Waals surface area contributed by atoms with Gasteiger partial charge in [0, 0.05) is 23.8 Å². The smallest absolute Gasteiger partial charge is 0.321 e. The lowest BCUT2D eigenvalue weighted by Crippen LogP contribution is -2.33. The van der Waals surface area contributed by atoms with E-state index in [0.29, 0.717) is 18.1 Å². The maximum Gasteiger partial charge on any atom is 0.321 e. The van der Waals surface area contributed by atoms with Gasteiger partial charge in [-0.05, 0) is 5.92 Å². The Morgan fingerprint density at radius 1 is 1.43 bits per heavy atom. The van der Waals surface area contributed by atoms with Crippen LogP contribution in [0.2, 0.25) is 0 Å². The van der Waals surface area contributed by atoms with E-state index in [1.165, 1.54) is 11.3 Å². The Kier molecular flexibility index (Phi) is 6.14. The average Bonchev–Trinajstić information content (AvgIpc) is 2.82. The summed E-state index contributed by atoms with van der Waals surface area (Å²) in [6.07, 6.45) is 0.764. The third-order valence-corrected chi connectivity index (χ3v) is 3.84. The van der Waals surface area contributed by atoms with Gasteiger partial charge in [0.2, 0.25) is 0 Å². The van der Waals surface area contributed by atoms with Crippen molar-refractivity contribution >= 4 is 28.5 Å². The second-order valence-corrected chi connectivity index (χ2v) is 6.85. The second kappa shape index (κ2) is 7.40. The molecule has 0 fully saturated rings. The van der Waals surface area contributed by atoms with Gasteiger partial charge in [-0.1, -0.05) is 34.1 Å². The second-order valence-electron chi connectivity index (χ2n) is 6.00. The molecule has 0 spiro atoms. The number of amides is 2. The molecule has 1 rings (SSSR count). The van der Waals surface area contributed by atoms with Crippen molar-refractivity contribution in [3.63, 3.8) is 0 Å². The summed E-state index contributed by atoms with van der Waals surface area (Å²) in [5.41, 5.74) is 0.877. The molecule has 1 aromatic heterocycles. The molecule has 1 unspecified atom stereocenters. The summed E-state index contributed by atoms with van der Waals surface area (Å²) in [5.74, 6) is -0.909. The van der Waals surface area contributed by atoms with Crippen LogP contribution in [0.5, 0.6) is 0 Å². The highest BCUT2D eigenvalue weighted by Crippen LogP contribution is 2.26. The summed E-state index contributed by atoms with van der Waals surface area (Å²) in [4.78, 5) is 26.8. The van der Waals surface area contributed by atoms with Crippen molar-refractivity contribution in [1.82, 2.24) is 10.3 Å². The largest absolute Gasteiger partial charge is 0.481 e. The molecule has 0 saturated carbocycles. The highest BCUT2D eigenvalue weighted by molar-refractivity contribution is 7.13. The van der Waals surface area contributed by atoms with Crippen LogP contribution in [-0.2, 0) is 10.2 Å². The first-order valence-electron chi connectivity index (χ1n) is 6.95. The van der Waals surface area contributed by atoms with Crippen LogP contribution < -0.4 is 10.6 Å². The van der Waals surface area contributed by atoms with E-state index >= 15 is 0 Å². The summed E-state index contributed by atoms with van der Waals surface area (Å²) < 4.78 is 0. The minimum absolute atomic E-state index is 0.0539. The molecule has 7 heteroatoms. The molecule has 0 aliphatic carbocycles. The number of aliphatic carboxylic acids is 1. The third-order valence-electron chi connectivity index (χ3n) is 3.09. The SMILES string of the molecule is CCC(CNC(=O)Nc1nc(C(C)(C)C)cs1)CC(=O)O. The van der Waals surface area contributed by atoms with Gasteiger partial charge in [0.1, 0.15) is 0 Å². The summed E-state index contributed by atoms with van der Waals surface area (Å²) in [5, 5.41) is 16.6. The lowest BCUT2D eigenvalue weighted by molar-refractivity contribution is -0.138. The normalized spacial score (nSPS) is 12.8. The molecule has 0 bridgehead atoms. The molecule has 0 aromatic carbocycles. The Morgan fingerprint density at radius 3 is 2.57 bits per heavy atom. The molecule has 1 heterocycles. The number of nitrogens with one attached hydrogen (secondary N) is 2. The molecular weight excluding hydrogens is 290 g/mol. The molecule has 0 aliphatic heterocycles. The number of anilines is 1. The lowest BCUT2D eigenvalue weighted by Gasteiger charge is -2.14. The number of urea groups is 1. The molecule has 0 saturated heterocycles. The Morgan fingerprint density at radius 2 is 2.10 bits per heavy atom. The number of nitrogens with zero attached hydrogens (tertiary/aromatic N) is 1. The van der Waals surface area contributed by atoms with Crippen molar-refractivity contribution in [2.45, 2.75) is 46.0 Å². The van der Waals surface area contributed by atoms with Crippen molar-refractivity contribution in [3.8, 4) is 0 Å². The zero-order chi connectivity index (χ0) is 16.0. The Hall–Kier alpha value is -1.63. The van der Waals surface area contributed by atoms with E-state index in [2.05, 4.69) is 36.4 Å². The van der Waals surface area contributed by atoms with Gasteiger partial charge in [0.15, 0.2) is 5.13 Å². The standard InChI is InChI=1S/C14H23N3O3S/c1-5-9(6-11(18)19)7-15-12(20)17-13-16-10(8-21-13)14(2,3)4/h8-9H,5-7H2,1-4H3,(H,18,19)(H2,15,16,17,20). The number of carboxylic acid groups (broad SMARTS) is 1. The Labute approximate surface area is 129 Å². The zero-order valence-electron chi connectivity index (χ0n) is 12.9. The monoisotopic (exact) mass is 313 g/mol. The van der Waals surface area contributed by atoms with E-state index in [0.717, 1.165) is 5.69 Å². The van der Waals surface area contributed by atoms with Crippen LogP contribution in [-0.4, -0.2) is 28.6 Å². The number of aromatic nitrogens is 1. The van der Waals surface area contributed by atoms with Crippen molar-refractivity contribution in [3.05, 3.63) is 11.1 Å². The molecule has 0 radical (unpaired) electrons.